The predicted octanol–water partition coefficient (Wildman–Crippen LogP) is 2.69. The van der Waals surface area contributed by atoms with Crippen molar-refractivity contribution in [2.24, 2.45) is 0 Å². The number of piperidine rings is 1. The number of nitrogens with two attached hydrogens (primary N) is 1. The third-order valence-electron chi connectivity index (χ3n) is 2.73. The number of halogens is 1. The lowest BCUT2D eigenvalue weighted by atomic mass is 9.96. The third kappa shape index (κ3) is 2.20. The van der Waals surface area contributed by atoms with Crippen LogP contribution in [0.25, 0.3) is 0 Å². The molecule has 1 aliphatic rings. The number of nitrogens with one attached hydrogen (secondary N) is 1. The Morgan fingerprint density at radius 2 is 2.21 bits per heavy atom. The van der Waals surface area contributed by atoms with Gasteiger partial charge in [-0.2, -0.15) is 0 Å². The van der Waals surface area contributed by atoms with E-state index < -0.39 is 0 Å². The highest BCUT2D eigenvalue weighted by Crippen LogP contribution is 2.28. The van der Waals surface area contributed by atoms with Gasteiger partial charge in [-0.05, 0) is 65.7 Å². The Morgan fingerprint density at radius 3 is 2.93 bits per heavy atom. The highest BCUT2D eigenvalue weighted by Gasteiger charge is 2.16. The van der Waals surface area contributed by atoms with Gasteiger partial charge in [0.1, 0.15) is 0 Å². The van der Waals surface area contributed by atoms with Crippen LogP contribution in [0, 0.1) is 3.57 Å². The van der Waals surface area contributed by atoms with Crippen molar-refractivity contribution < 1.29 is 0 Å². The van der Waals surface area contributed by atoms with Crippen LogP contribution in [0.3, 0.4) is 0 Å². The van der Waals surface area contributed by atoms with Crippen LogP contribution in [0.15, 0.2) is 18.2 Å². The van der Waals surface area contributed by atoms with Gasteiger partial charge in [-0.15, -0.1) is 0 Å². The first-order chi connectivity index (χ1) is 6.77. The molecule has 1 heterocycles. The standard InChI is InChI=1S/C11H15IN2/c12-8-4-5-10(13)9(7-8)11-3-1-2-6-14-11/h4-5,7,11,14H,1-3,6,13H2. The molecule has 0 amide bonds. The summed E-state index contributed by atoms with van der Waals surface area (Å²) in [7, 11) is 0. The summed E-state index contributed by atoms with van der Waals surface area (Å²) in [5.74, 6) is 0. The summed E-state index contributed by atoms with van der Waals surface area (Å²) in [5.41, 5.74) is 8.17. The van der Waals surface area contributed by atoms with E-state index in [9.17, 15) is 0 Å². The maximum absolute atomic E-state index is 5.98. The SMILES string of the molecule is Nc1ccc(I)cc1C1CCCCN1. The van der Waals surface area contributed by atoms with Crippen molar-refractivity contribution in [2.75, 3.05) is 12.3 Å². The molecule has 0 bridgehead atoms. The van der Waals surface area contributed by atoms with E-state index in [0.29, 0.717) is 6.04 Å². The number of rotatable bonds is 1. The molecule has 1 aromatic rings. The molecule has 2 rings (SSSR count). The molecule has 76 valence electrons. The number of benzene rings is 1. The van der Waals surface area contributed by atoms with Crippen molar-refractivity contribution in [1.82, 2.24) is 5.32 Å². The van der Waals surface area contributed by atoms with Gasteiger partial charge in [-0.1, -0.05) is 6.42 Å². The molecule has 0 saturated carbocycles. The average Bonchev–Trinajstić information content (AvgIpc) is 2.23. The molecule has 14 heavy (non-hydrogen) atoms. The Kier molecular flexibility index (Phi) is 3.28. The fourth-order valence-corrected chi connectivity index (χ4v) is 2.48. The van der Waals surface area contributed by atoms with E-state index in [1.54, 1.807) is 0 Å². The number of nitrogen functional groups attached to an aromatic ring is 1. The lowest BCUT2D eigenvalue weighted by Crippen LogP contribution is -2.27. The Labute approximate surface area is 98.4 Å². The summed E-state index contributed by atoms with van der Waals surface area (Å²) in [4.78, 5) is 0. The minimum absolute atomic E-state index is 0.471. The zero-order valence-corrected chi connectivity index (χ0v) is 10.3. The van der Waals surface area contributed by atoms with Gasteiger partial charge in [0, 0.05) is 15.3 Å². The first-order valence-electron chi connectivity index (χ1n) is 5.05. The van der Waals surface area contributed by atoms with Crippen LogP contribution in [0.2, 0.25) is 0 Å². The van der Waals surface area contributed by atoms with Crippen molar-refractivity contribution >= 4 is 28.3 Å². The second-order valence-electron chi connectivity index (χ2n) is 3.78. The van der Waals surface area contributed by atoms with E-state index in [2.05, 4.69) is 40.0 Å². The van der Waals surface area contributed by atoms with Gasteiger partial charge in [0.15, 0.2) is 0 Å². The van der Waals surface area contributed by atoms with E-state index in [-0.39, 0.29) is 0 Å². The molecule has 1 unspecified atom stereocenters. The minimum Gasteiger partial charge on any atom is -0.398 e. The monoisotopic (exact) mass is 302 g/mol. The lowest BCUT2D eigenvalue weighted by Gasteiger charge is -2.25. The first-order valence-corrected chi connectivity index (χ1v) is 6.13. The highest BCUT2D eigenvalue weighted by molar-refractivity contribution is 14.1. The summed E-state index contributed by atoms with van der Waals surface area (Å²) in [6, 6.07) is 6.73. The quantitative estimate of drug-likeness (QED) is 0.618. The summed E-state index contributed by atoms with van der Waals surface area (Å²) in [6.07, 6.45) is 3.81. The van der Waals surface area contributed by atoms with Crippen LogP contribution in [-0.2, 0) is 0 Å². The molecule has 1 aliphatic heterocycles. The topological polar surface area (TPSA) is 38.0 Å². The van der Waals surface area contributed by atoms with Crippen molar-refractivity contribution in [3.05, 3.63) is 27.3 Å². The smallest absolute Gasteiger partial charge is 0.0363 e. The fourth-order valence-electron chi connectivity index (χ4n) is 1.96. The fraction of sp³-hybridized carbons (Fsp3) is 0.455. The van der Waals surface area contributed by atoms with Gasteiger partial charge in [-0.25, -0.2) is 0 Å². The summed E-state index contributed by atoms with van der Waals surface area (Å²) in [6.45, 7) is 1.12. The van der Waals surface area contributed by atoms with Crippen LogP contribution >= 0.6 is 22.6 Å². The molecule has 1 saturated heterocycles. The average molecular weight is 302 g/mol. The predicted molar refractivity (Wildman–Crippen MR) is 68.2 cm³/mol. The summed E-state index contributed by atoms with van der Waals surface area (Å²) in [5, 5.41) is 3.52. The zero-order chi connectivity index (χ0) is 9.97. The molecule has 1 fully saturated rings. The van der Waals surface area contributed by atoms with Crippen LogP contribution in [0.4, 0.5) is 5.69 Å². The maximum Gasteiger partial charge on any atom is 0.0363 e. The molecule has 0 spiro atoms. The molecular formula is C11H15IN2. The van der Waals surface area contributed by atoms with Crippen LogP contribution in [0.1, 0.15) is 30.9 Å². The Hall–Kier alpha value is -0.290. The number of anilines is 1. The molecule has 0 aromatic heterocycles. The van der Waals surface area contributed by atoms with Gasteiger partial charge in [-0.3, -0.25) is 0 Å². The Morgan fingerprint density at radius 1 is 1.36 bits per heavy atom. The second-order valence-corrected chi connectivity index (χ2v) is 5.02. The van der Waals surface area contributed by atoms with Crippen molar-refractivity contribution in [3.63, 3.8) is 0 Å². The first kappa shape index (κ1) is 10.2. The summed E-state index contributed by atoms with van der Waals surface area (Å²) < 4.78 is 1.26. The van der Waals surface area contributed by atoms with E-state index in [1.807, 2.05) is 6.07 Å². The van der Waals surface area contributed by atoms with E-state index >= 15 is 0 Å². The molecular weight excluding hydrogens is 287 g/mol. The Bertz CT molecular complexity index is 319. The molecule has 1 atom stereocenters. The maximum atomic E-state index is 5.98. The molecule has 2 nitrogen and oxygen atoms in total. The van der Waals surface area contributed by atoms with Crippen molar-refractivity contribution in [2.45, 2.75) is 25.3 Å². The second kappa shape index (κ2) is 4.49. The van der Waals surface area contributed by atoms with Crippen LogP contribution < -0.4 is 11.1 Å². The van der Waals surface area contributed by atoms with Crippen molar-refractivity contribution in [1.29, 1.82) is 0 Å². The Balaban J connectivity index is 2.24. The molecule has 0 aliphatic carbocycles. The zero-order valence-electron chi connectivity index (χ0n) is 8.09. The highest BCUT2D eigenvalue weighted by atomic mass is 127. The number of hydrogen-bond acceptors (Lipinski definition) is 2. The molecule has 3 heteroatoms. The van der Waals surface area contributed by atoms with E-state index in [4.69, 9.17) is 5.73 Å². The third-order valence-corrected chi connectivity index (χ3v) is 3.41. The lowest BCUT2D eigenvalue weighted by molar-refractivity contribution is 0.413. The van der Waals surface area contributed by atoms with Crippen LogP contribution in [0.5, 0.6) is 0 Å². The van der Waals surface area contributed by atoms with Gasteiger partial charge < -0.3 is 11.1 Å². The van der Waals surface area contributed by atoms with Crippen LogP contribution in [-0.4, -0.2) is 6.54 Å². The van der Waals surface area contributed by atoms with Gasteiger partial charge in [0.05, 0.1) is 0 Å². The van der Waals surface area contributed by atoms with Gasteiger partial charge in [0.25, 0.3) is 0 Å². The molecule has 3 N–H and O–H groups in total. The molecule has 1 aromatic carbocycles. The minimum atomic E-state index is 0.471. The van der Waals surface area contributed by atoms with Gasteiger partial charge >= 0.3 is 0 Å². The van der Waals surface area contributed by atoms with Crippen molar-refractivity contribution in [3.8, 4) is 0 Å². The molecule has 0 radical (unpaired) electrons. The van der Waals surface area contributed by atoms with E-state index in [0.717, 1.165) is 12.2 Å². The normalized spacial score (nSPS) is 22.2. The number of hydrogen-bond donors (Lipinski definition) is 2. The summed E-state index contributed by atoms with van der Waals surface area (Å²) >= 11 is 2.33. The largest absolute Gasteiger partial charge is 0.398 e. The van der Waals surface area contributed by atoms with Gasteiger partial charge in [0.2, 0.25) is 0 Å². The van der Waals surface area contributed by atoms with E-state index in [1.165, 1.54) is 28.4 Å².